The smallest absolute Gasteiger partial charge is 0.306 e. The molecule has 1 N–H and O–H groups in total. The number of amides is 1. The van der Waals surface area contributed by atoms with E-state index in [4.69, 9.17) is 5.11 Å². The van der Waals surface area contributed by atoms with E-state index in [1.54, 1.807) is 0 Å². The number of carboxylic acids is 1. The maximum atomic E-state index is 12.3. The lowest BCUT2D eigenvalue weighted by atomic mass is 9.91. The molecule has 2 saturated heterocycles. The highest BCUT2D eigenvalue weighted by molar-refractivity contribution is 5.78. The Bertz CT molecular complexity index is 372. The average Bonchev–Trinajstić information content (AvgIpc) is 2.40. The van der Waals surface area contributed by atoms with Crippen molar-refractivity contribution in [1.29, 1.82) is 0 Å². The molecule has 5 heteroatoms. The van der Waals surface area contributed by atoms with Crippen LogP contribution >= 0.6 is 0 Å². The van der Waals surface area contributed by atoms with Gasteiger partial charge in [-0.25, -0.2) is 0 Å². The first-order valence-electron chi connectivity index (χ1n) is 7.72. The van der Waals surface area contributed by atoms with Crippen LogP contribution < -0.4 is 0 Å². The molecule has 2 rings (SSSR count). The molecule has 2 aliphatic heterocycles. The molecule has 2 fully saturated rings. The van der Waals surface area contributed by atoms with Crippen LogP contribution in [-0.4, -0.2) is 59.0 Å². The van der Waals surface area contributed by atoms with Crippen molar-refractivity contribution in [3.8, 4) is 0 Å². The minimum Gasteiger partial charge on any atom is -0.481 e. The van der Waals surface area contributed by atoms with E-state index in [9.17, 15) is 9.59 Å². The van der Waals surface area contributed by atoms with Gasteiger partial charge < -0.3 is 10.0 Å². The molecule has 2 aliphatic rings. The van der Waals surface area contributed by atoms with Gasteiger partial charge in [-0.2, -0.15) is 0 Å². The number of hydrogen-bond donors (Lipinski definition) is 1. The standard InChI is InChI=1S/C15H26N2O3/c1-11-4-3-6-17(9-11)14(18)10-16-7-5-13(15(19)20)8-12(16)2/h11-13H,3-10H2,1-2H3,(H,19,20). The highest BCUT2D eigenvalue weighted by atomic mass is 16.4. The summed E-state index contributed by atoms with van der Waals surface area (Å²) in [6.45, 7) is 7.14. The molecule has 20 heavy (non-hydrogen) atoms. The summed E-state index contributed by atoms with van der Waals surface area (Å²) in [4.78, 5) is 27.5. The predicted molar refractivity (Wildman–Crippen MR) is 76.4 cm³/mol. The molecule has 114 valence electrons. The second-order valence-corrected chi connectivity index (χ2v) is 6.47. The third-order valence-corrected chi connectivity index (χ3v) is 4.71. The van der Waals surface area contributed by atoms with Crippen LogP contribution in [-0.2, 0) is 9.59 Å². The molecule has 1 amide bonds. The molecular formula is C15H26N2O3. The van der Waals surface area contributed by atoms with Gasteiger partial charge in [0, 0.05) is 19.1 Å². The number of aliphatic carboxylic acids is 1. The third kappa shape index (κ3) is 3.72. The molecule has 3 unspecified atom stereocenters. The monoisotopic (exact) mass is 282 g/mol. The van der Waals surface area contributed by atoms with Gasteiger partial charge in [0.2, 0.25) is 5.91 Å². The minimum absolute atomic E-state index is 0.177. The van der Waals surface area contributed by atoms with Crippen LogP contribution in [0.1, 0.15) is 39.5 Å². The summed E-state index contributed by atoms with van der Waals surface area (Å²) in [6, 6.07) is 0.177. The van der Waals surface area contributed by atoms with E-state index in [2.05, 4.69) is 11.8 Å². The van der Waals surface area contributed by atoms with Gasteiger partial charge in [0.05, 0.1) is 12.5 Å². The Hall–Kier alpha value is -1.10. The quantitative estimate of drug-likeness (QED) is 0.850. The van der Waals surface area contributed by atoms with Crippen molar-refractivity contribution in [3.05, 3.63) is 0 Å². The Kier molecular flexibility index (Phi) is 5.02. The van der Waals surface area contributed by atoms with Crippen LogP contribution in [0.4, 0.5) is 0 Å². The summed E-state index contributed by atoms with van der Waals surface area (Å²) >= 11 is 0. The lowest BCUT2D eigenvalue weighted by molar-refractivity contribution is -0.144. The van der Waals surface area contributed by atoms with Crippen LogP contribution in [0, 0.1) is 11.8 Å². The second kappa shape index (κ2) is 6.57. The van der Waals surface area contributed by atoms with Gasteiger partial charge in [0.15, 0.2) is 0 Å². The predicted octanol–water partition coefficient (Wildman–Crippen LogP) is 1.43. The van der Waals surface area contributed by atoms with Crippen molar-refractivity contribution in [2.45, 2.75) is 45.6 Å². The number of hydrogen-bond acceptors (Lipinski definition) is 3. The van der Waals surface area contributed by atoms with Gasteiger partial charge >= 0.3 is 5.97 Å². The van der Waals surface area contributed by atoms with Crippen molar-refractivity contribution in [3.63, 3.8) is 0 Å². The van der Waals surface area contributed by atoms with Crippen LogP contribution in [0.25, 0.3) is 0 Å². The fourth-order valence-electron chi connectivity index (χ4n) is 3.37. The van der Waals surface area contributed by atoms with Crippen LogP contribution in [0.5, 0.6) is 0 Å². The molecule has 0 aromatic heterocycles. The Labute approximate surface area is 120 Å². The molecule has 0 aromatic carbocycles. The Morgan fingerprint density at radius 3 is 2.55 bits per heavy atom. The number of carbonyl (C=O) groups excluding carboxylic acids is 1. The summed E-state index contributed by atoms with van der Waals surface area (Å²) in [5.74, 6) is -0.140. The van der Waals surface area contributed by atoms with E-state index in [0.29, 0.717) is 31.8 Å². The number of carboxylic acid groups (broad SMARTS) is 1. The summed E-state index contributed by atoms with van der Waals surface area (Å²) in [5.41, 5.74) is 0. The molecule has 0 saturated carbocycles. The van der Waals surface area contributed by atoms with Crippen molar-refractivity contribution < 1.29 is 14.7 Å². The largest absolute Gasteiger partial charge is 0.481 e. The molecule has 0 spiro atoms. The van der Waals surface area contributed by atoms with Crippen LogP contribution in [0.3, 0.4) is 0 Å². The van der Waals surface area contributed by atoms with E-state index in [1.807, 2.05) is 11.8 Å². The average molecular weight is 282 g/mol. The molecule has 0 radical (unpaired) electrons. The Morgan fingerprint density at radius 2 is 1.95 bits per heavy atom. The zero-order valence-electron chi connectivity index (χ0n) is 12.5. The van der Waals surface area contributed by atoms with Crippen molar-refractivity contribution in [2.24, 2.45) is 11.8 Å². The zero-order chi connectivity index (χ0) is 14.7. The summed E-state index contributed by atoms with van der Waals surface area (Å²) in [7, 11) is 0. The van der Waals surface area contributed by atoms with E-state index in [1.165, 1.54) is 6.42 Å². The second-order valence-electron chi connectivity index (χ2n) is 6.47. The van der Waals surface area contributed by atoms with Crippen molar-refractivity contribution in [2.75, 3.05) is 26.2 Å². The maximum Gasteiger partial charge on any atom is 0.306 e. The first kappa shape index (κ1) is 15.3. The zero-order valence-corrected chi connectivity index (χ0v) is 12.5. The molecule has 0 aliphatic carbocycles. The van der Waals surface area contributed by atoms with Crippen molar-refractivity contribution in [1.82, 2.24) is 9.80 Å². The summed E-state index contributed by atoms with van der Waals surface area (Å²) in [5, 5.41) is 9.06. The van der Waals surface area contributed by atoms with E-state index < -0.39 is 5.97 Å². The van der Waals surface area contributed by atoms with E-state index >= 15 is 0 Å². The highest BCUT2D eigenvalue weighted by Crippen LogP contribution is 2.23. The maximum absolute atomic E-state index is 12.3. The number of likely N-dealkylation sites (tertiary alicyclic amines) is 2. The van der Waals surface area contributed by atoms with Gasteiger partial charge in [-0.3, -0.25) is 14.5 Å². The van der Waals surface area contributed by atoms with Gasteiger partial charge in [-0.15, -0.1) is 0 Å². The lowest BCUT2D eigenvalue weighted by Crippen LogP contribution is -2.49. The Morgan fingerprint density at radius 1 is 1.20 bits per heavy atom. The topological polar surface area (TPSA) is 60.9 Å². The Balaban J connectivity index is 1.84. The first-order chi connectivity index (χ1) is 9.47. The summed E-state index contributed by atoms with van der Waals surface area (Å²) < 4.78 is 0. The fourth-order valence-corrected chi connectivity index (χ4v) is 3.37. The minimum atomic E-state index is -0.701. The van der Waals surface area contributed by atoms with Gasteiger partial charge in [-0.05, 0) is 45.1 Å². The molecule has 0 bridgehead atoms. The number of carbonyl (C=O) groups is 2. The number of rotatable bonds is 3. The normalized spacial score (nSPS) is 32.1. The first-order valence-corrected chi connectivity index (χ1v) is 7.72. The van der Waals surface area contributed by atoms with Crippen LogP contribution in [0.2, 0.25) is 0 Å². The SMILES string of the molecule is CC1CCCN(C(=O)CN2CCC(C(=O)O)CC2C)C1. The van der Waals surface area contributed by atoms with Gasteiger partial charge in [-0.1, -0.05) is 6.92 Å². The molecule has 0 aromatic rings. The van der Waals surface area contributed by atoms with Crippen molar-refractivity contribution >= 4 is 11.9 Å². The summed E-state index contributed by atoms with van der Waals surface area (Å²) in [6.07, 6.45) is 3.62. The molecule has 3 atom stereocenters. The number of nitrogens with zero attached hydrogens (tertiary/aromatic N) is 2. The molecular weight excluding hydrogens is 256 g/mol. The van der Waals surface area contributed by atoms with Crippen LogP contribution in [0.15, 0.2) is 0 Å². The van der Waals surface area contributed by atoms with E-state index in [0.717, 1.165) is 19.5 Å². The number of piperidine rings is 2. The fraction of sp³-hybridized carbons (Fsp3) is 0.867. The molecule has 5 nitrogen and oxygen atoms in total. The third-order valence-electron chi connectivity index (χ3n) is 4.71. The highest BCUT2D eigenvalue weighted by Gasteiger charge is 2.31. The lowest BCUT2D eigenvalue weighted by Gasteiger charge is -2.38. The van der Waals surface area contributed by atoms with E-state index in [-0.39, 0.29) is 17.9 Å². The molecule has 2 heterocycles. The van der Waals surface area contributed by atoms with Gasteiger partial charge in [0.25, 0.3) is 0 Å². The van der Waals surface area contributed by atoms with Gasteiger partial charge in [0.1, 0.15) is 0 Å².